The van der Waals surface area contributed by atoms with Crippen LogP contribution >= 0.6 is 0 Å². The standard InChI is InChI=1S/C40H25N5O/c1-3-4-14-33-24(2)46-36-16-8-7-15-35(36)45(33)34-20-19-26(28-11-5-6-12-29(28)34)21-27-18-17-25-10-9-13-30-37(25)38(27)40-39(30)43-31(22-41)32(23-42)44-40/h3-20H,1,21H2,2H3/b14-4-. The first kappa shape index (κ1) is 27.1. The van der Waals surface area contributed by atoms with E-state index in [0.717, 1.165) is 72.4 Å². The van der Waals surface area contributed by atoms with Gasteiger partial charge in [0.1, 0.15) is 17.9 Å². The summed E-state index contributed by atoms with van der Waals surface area (Å²) in [5.41, 5.74) is 8.50. The highest BCUT2D eigenvalue weighted by molar-refractivity contribution is 6.14. The van der Waals surface area contributed by atoms with Crippen LogP contribution in [-0.2, 0) is 6.42 Å². The van der Waals surface area contributed by atoms with Gasteiger partial charge in [-0.05, 0) is 59.5 Å². The highest BCUT2D eigenvalue weighted by Gasteiger charge is 2.30. The van der Waals surface area contributed by atoms with Crippen molar-refractivity contribution in [3.63, 3.8) is 0 Å². The number of anilines is 2. The quantitative estimate of drug-likeness (QED) is 0.186. The molecule has 1 aliphatic carbocycles. The highest BCUT2D eigenvalue weighted by Crippen LogP contribution is 2.49. The van der Waals surface area contributed by atoms with Gasteiger partial charge in [-0.3, -0.25) is 0 Å². The number of nitrogens with zero attached hydrogens (tertiary/aromatic N) is 5. The number of allylic oxidation sites excluding steroid dienone is 4. The molecule has 0 saturated heterocycles. The summed E-state index contributed by atoms with van der Waals surface area (Å²) in [4.78, 5) is 11.6. The monoisotopic (exact) mass is 591 g/mol. The lowest BCUT2D eigenvalue weighted by molar-refractivity contribution is 0.414. The predicted octanol–water partition coefficient (Wildman–Crippen LogP) is 9.27. The first-order valence-corrected chi connectivity index (χ1v) is 15.0. The minimum Gasteiger partial charge on any atom is -0.458 e. The smallest absolute Gasteiger partial charge is 0.177 e. The number of para-hydroxylation sites is 2. The van der Waals surface area contributed by atoms with E-state index in [4.69, 9.17) is 9.72 Å². The maximum atomic E-state index is 9.76. The molecule has 0 unspecified atom stereocenters. The molecular weight excluding hydrogens is 566 g/mol. The van der Waals surface area contributed by atoms with Gasteiger partial charge in [-0.15, -0.1) is 0 Å². The Labute approximate surface area is 266 Å². The second kappa shape index (κ2) is 10.6. The zero-order chi connectivity index (χ0) is 31.4. The van der Waals surface area contributed by atoms with Crippen LogP contribution in [0.25, 0.3) is 44.1 Å². The van der Waals surface area contributed by atoms with Crippen LogP contribution in [0, 0.1) is 22.7 Å². The van der Waals surface area contributed by atoms with Crippen LogP contribution in [0.5, 0.6) is 5.75 Å². The number of hydrogen-bond acceptors (Lipinski definition) is 6. The lowest BCUT2D eigenvalue weighted by Gasteiger charge is -2.34. The lowest BCUT2D eigenvalue weighted by Crippen LogP contribution is -2.23. The van der Waals surface area contributed by atoms with Gasteiger partial charge in [0, 0.05) is 21.9 Å². The van der Waals surface area contributed by atoms with Crippen LogP contribution < -0.4 is 9.64 Å². The van der Waals surface area contributed by atoms with Gasteiger partial charge in [0.15, 0.2) is 17.1 Å². The van der Waals surface area contributed by atoms with E-state index in [1.54, 1.807) is 6.08 Å². The van der Waals surface area contributed by atoms with Crippen molar-refractivity contribution in [1.29, 1.82) is 10.5 Å². The van der Waals surface area contributed by atoms with E-state index in [1.165, 1.54) is 0 Å². The van der Waals surface area contributed by atoms with Crippen molar-refractivity contribution in [2.75, 3.05) is 4.90 Å². The second-order valence-corrected chi connectivity index (χ2v) is 11.3. The zero-order valence-corrected chi connectivity index (χ0v) is 25.0. The van der Waals surface area contributed by atoms with Crippen LogP contribution in [0.1, 0.15) is 29.4 Å². The summed E-state index contributed by atoms with van der Waals surface area (Å²) in [6.45, 7) is 5.86. The van der Waals surface area contributed by atoms with Crippen LogP contribution in [0.4, 0.5) is 11.4 Å². The average Bonchev–Trinajstić information content (AvgIpc) is 3.42. The number of benzene rings is 5. The molecule has 0 radical (unpaired) electrons. The van der Waals surface area contributed by atoms with E-state index >= 15 is 0 Å². The summed E-state index contributed by atoms with van der Waals surface area (Å²) in [5.74, 6) is 1.60. The number of fused-ring (bicyclic) bond motifs is 5. The SMILES string of the molecule is C=C/C=C\C1=C(C)Oc2ccccc2N1c1ccc(Cc2ccc3cccc4c3c2-c2nc(C#N)c(C#N)nc2-4)c2ccccc12. The maximum absolute atomic E-state index is 9.76. The van der Waals surface area contributed by atoms with Gasteiger partial charge in [-0.1, -0.05) is 91.5 Å². The normalized spacial score (nSPS) is 13.0. The van der Waals surface area contributed by atoms with Gasteiger partial charge in [0.25, 0.3) is 0 Å². The van der Waals surface area contributed by atoms with Gasteiger partial charge in [-0.25, -0.2) is 9.97 Å². The number of ether oxygens (including phenoxy) is 1. The molecule has 0 fully saturated rings. The van der Waals surface area contributed by atoms with E-state index in [0.29, 0.717) is 17.8 Å². The van der Waals surface area contributed by atoms with Crippen molar-refractivity contribution in [3.8, 4) is 40.4 Å². The Bertz CT molecular complexity index is 2440. The van der Waals surface area contributed by atoms with E-state index in [1.807, 2.05) is 55.5 Å². The molecular formula is C40H25N5O. The van der Waals surface area contributed by atoms with Crippen LogP contribution in [0.3, 0.4) is 0 Å². The Hall–Kier alpha value is -6.50. The molecule has 0 amide bonds. The molecule has 0 atom stereocenters. The number of rotatable bonds is 5. The summed E-state index contributed by atoms with van der Waals surface area (Å²) >= 11 is 0. The molecule has 0 bridgehead atoms. The third kappa shape index (κ3) is 4.02. The van der Waals surface area contributed by atoms with Crippen molar-refractivity contribution in [3.05, 3.63) is 150 Å². The Balaban J connectivity index is 1.31. The topological polar surface area (TPSA) is 85.8 Å². The third-order valence-corrected chi connectivity index (χ3v) is 8.71. The summed E-state index contributed by atoms with van der Waals surface area (Å²) in [6, 6.07) is 35.4. The minimum atomic E-state index is 0.0438. The molecule has 0 spiro atoms. The Morgan fingerprint density at radius 3 is 2.33 bits per heavy atom. The number of hydrogen-bond donors (Lipinski definition) is 0. The molecule has 6 aromatic rings. The molecule has 0 saturated carbocycles. The van der Waals surface area contributed by atoms with E-state index in [-0.39, 0.29) is 11.4 Å². The van der Waals surface area contributed by atoms with Gasteiger partial charge < -0.3 is 9.64 Å². The van der Waals surface area contributed by atoms with Crippen molar-refractivity contribution >= 4 is 32.9 Å². The maximum Gasteiger partial charge on any atom is 0.177 e. The first-order chi connectivity index (χ1) is 22.6. The molecule has 5 aromatic carbocycles. The number of aromatic nitrogens is 2. The molecule has 0 N–H and O–H groups in total. The molecule has 8 rings (SSSR count). The minimum absolute atomic E-state index is 0.0438. The predicted molar refractivity (Wildman–Crippen MR) is 181 cm³/mol. The Kier molecular flexibility index (Phi) is 6.23. The second-order valence-electron chi connectivity index (χ2n) is 11.3. The molecule has 216 valence electrons. The van der Waals surface area contributed by atoms with Crippen molar-refractivity contribution < 1.29 is 4.74 Å². The average molecular weight is 592 g/mol. The Morgan fingerprint density at radius 1 is 0.783 bits per heavy atom. The molecule has 46 heavy (non-hydrogen) atoms. The molecule has 2 aliphatic rings. The number of nitriles is 2. The van der Waals surface area contributed by atoms with Gasteiger partial charge in [-0.2, -0.15) is 10.5 Å². The van der Waals surface area contributed by atoms with E-state index in [9.17, 15) is 10.5 Å². The van der Waals surface area contributed by atoms with Gasteiger partial charge in [0.2, 0.25) is 0 Å². The summed E-state index contributed by atoms with van der Waals surface area (Å²) < 4.78 is 6.24. The van der Waals surface area contributed by atoms with Crippen LogP contribution in [-0.4, -0.2) is 9.97 Å². The zero-order valence-electron chi connectivity index (χ0n) is 25.0. The summed E-state index contributed by atoms with van der Waals surface area (Å²) in [5, 5.41) is 23.8. The lowest BCUT2D eigenvalue weighted by atomic mass is 9.92. The highest BCUT2D eigenvalue weighted by atomic mass is 16.5. The summed E-state index contributed by atoms with van der Waals surface area (Å²) in [6.07, 6.45) is 6.36. The van der Waals surface area contributed by atoms with Gasteiger partial charge in [0.05, 0.1) is 28.5 Å². The summed E-state index contributed by atoms with van der Waals surface area (Å²) in [7, 11) is 0. The Morgan fingerprint density at radius 2 is 1.52 bits per heavy atom. The van der Waals surface area contributed by atoms with E-state index in [2.05, 4.69) is 83.2 Å². The molecule has 2 heterocycles. The van der Waals surface area contributed by atoms with Crippen LogP contribution in [0.15, 0.2) is 127 Å². The van der Waals surface area contributed by atoms with Crippen molar-refractivity contribution in [1.82, 2.24) is 9.97 Å². The molecule has 6 heteroatoms. The van der Waals surface area contributed by atoms with Crippen molar-refractivity contribution in [2.24, 2.45) is 0 Å². The fourth-order valence-electron chi connectivity index (χ4n) is 6.73. The van der Waals surface area contributed by atoms with Crippen molar-refractivity contribution in [2.45, 2.75) is 13.3 Å². The third-order valence-electron chi connectivity index (χ3n) is 8.71. The molecule has 1 aliphatic heterocycles. The fraction of sp³-hybridized carbons (Fsp3) is 0.0500. The van der Waals surface area contributed by atoms with Gasteiger partial charge >= 0.3 is 0 Å². The molecule has 1 aromatic heterocycles. The first-order valence-electron chi connectivity index (χ1n) is 15.0. The largest absolute Gasteiger partial charge is 0.458 e. The van der Waals surface area contributed by atoms with Crippen LogP contribution in [0.2, 0.25) is 0 Å². The van der Waals surface area contributed by atoms with E-state index < -0.39 is 0 Å². The fourth-order valence-corrected chi connectivity index (χ4v) is 6.73. The molecule has 6 nitrogen and oxygen atoms in total.